The van der Waals surface area contributed by atoms with E-state index < -0.39 is 0 Å². The third-order valence-corrected chi connectivity index (χ3v) is 8.68. The fourth-order valence-electron chi connectivity index (χ4n) is 5.00. The molecule has 0 radical (unpaired) electrons. The fourth-order valence-corrected chi connectivity index (χ4v) is 6.06. The number of thiazole rings is 1. The molecule has 1 N–H and O–H groups in total. The van der Waals surface area contributed by atoms with Crippen LogP contribution in [0.2, 0.25) is 0 Å². The SMILES string of the molecule is CC(C)(C)c1cc(C=Nc2ccccc2-c2nc3c(-c4ccncc4)cc(C(C)(C)C)cc3s2)c(O)c(C(C)(C)C)c1. The summed E-state index contributed by atoms with van der Waals surface area (Å²) in [7, 11) is 0. The normalized spacial score (nSPS) is 12.9. The minimum absolute atomic E-state index is 0.00216. The first-order valence-electron chi connectivity index (χ1n) is 14.5. The number of aromatic nitrogens is 2. The molecule has 5 rings (SSSR count). The van der Waals surface area contributed by atoms with E-state index in [1.165, 1.54) is 11.1 Å². The Kier molecular flexibility index (Phi) is 7.61. The third-order valence-electron chi connectivity index (χ3n) is 7.64. The summed E-state index contributed by atoms with van der Waals surface area (Å²) in [6.07, 6.45) is 5.46. The molecule has 42 heavy (non-hydrogen) atoms. The molecule has 216 valence electrons. The number of hydrogen-bond donors (Lipinski definition) is 1. The van der Waals surface area contributed by atoms with E-state index >= 15 is 0 Å². The zero-order chi connectivity index (χ0) is 30.4. The second-order valence-electron chi connectivity index (χ2n) is 14.1. The highest BCUT2D eigenvalue weighted by atomic mass is 32.1. The first kappa shape index (κ1) is 29.7. The molecule has 5 aromatic rings. The molecule has 2 aromatic heterocycles. The van der Waals surface area contributed by atoms with Gasteiger partial charge in [-0.05, 0) is 75.4 Å². The molecule has 0 unspecified atom stereocenters. The number of aromatic hydroxyl groups is 1. The van der Waals surface area contributed by atoms with Crippen LogP contribution in [0.15, 0.2) is 78.0 Å². The van der Waals surface area contributed by atoms with E-state index in [9.17, 15) is 5.11 Å². The van der Waals surface area contributed by atoms with Crippen LogP contribution >= 0.6 is 11.3 Å². The molecule has 0 bridgehead atoms. The van der Waals surface area contributed by atoms with Crippen LogP contribution < -0.4 is 0 Å². The molecule has 0 saturated carbocycles. The second kappa shape index (κ2) is 10.8. The Morgan fingerprint density at radius 1 is 0.738 bits per heavy atom. The molecule has 4 nitrogen and oxygen atoms in total. The predicted octanol–water partition coefficient (Wildman–Crippen LogP) is 10.4. The van der Waals surface area contributed by atoms with Crippen LogP contribution in [-0.2, 0) is 16.2 Å². The van der Waals surface area contributed by atoms with Gasteiger partial charge in [0.05, 0.1) is 15.9 Å². The highest BCUT2D eigenvalue weighted by molar-refractivity contribution is 7.21. The van der Waals surface area contributed by atoms with Gasteiger partial charge < -0.3 is 5.11 Å². The van der Waals surface area contributed by atoms with Crippen LogP contribution in [0.5, 0.6) is 5.75 Å². The number of phenols is 1. The molecule has 0 spiro atoms. The summed E-state index contributed by atoms with van der Waals surface area (Å²) in [6, 6.07) is 20.9. The largest absolute Gasteiger partial charge is 0.507 e. The van der Waals surface area contributed by atoms with Crippen LogP contribution in [-0.4, -0.2) is 21.3 Å². The Labute approximate surface area is 254 Å². The van der Waals surface area contributed by atoms with Crippen molar-refractivity contribution in [3.05, 3.63) is 95.3 Å². The van der Waals surface area contributed by atoms with Crippen molar-refractivity contribution in [2.45, 2.75) is 78.6 Å². The van der Waals surface area contributed by atoms with Gasteiger partial charge in [0.25, 0.3) is 0 Å². The minimum atomic E-state index is -0.203. The highest BCUT2D eigenvalue weighted by Gasteiger charge is 2.25. The molecule has 3 aromatic carbocycles. The second-order valence-corrected chi connectivity index (χ2v) is 15.1. The van der Waals surface area contributed by atoms with Gasteiger partial charge in [0.1, 0.15) is 10.8 Å². The summed E-state index contributed by atoms with van der Waals surface area (Å²) in [5.74, 6) is 0.286. The lowest BCUT2D eigenvalue weighted by Crippen LogP contribution is -2.17. The zero-order valence-electron chi connectivity index (χ0n) is 26.2. The summed E-state index contributed by atoms with van der Waals surface area (Å²) < 4.78 is 1.15. The number of rotatable bonds is 4. The number of nitrogens with zero attached hydrogens (tertiary/aromatic N) is 3. The summed E-state index contributed by atoms with van der Waals surface area (Å²) in [6.45, 7) is 19.7. The van der Waals surface area contributed by atoms with Crippen molar-refractivity contribution < 1.29 is 5.11 Å². The van der Waals surface area contributed by atoms with Crippen LogP contribution in [0.25, 0.3) is 31.9 Å². The van der Waals surface area contributed by atoms with E-state index in [4.69, 9.17) is 9.98 Å². The number of fused-ring (bicyclic) bond motifs is 1. The molecule has 0 fully saturated rings. The van der Waals surface area contributed by atoms with Crippen LogP contribution in [0.1, 0.15) is 84.6 Å². The Morgan fingerprint density at radius 3 is 2.02 bits per heavy atom. The van der Waals surface area contributed by atoms with E-state index in [0.717, 1.165) is 48.7 Å². The molecule has 0 atom stereocenters. The van der Waals surface area contributed by atoms with Crippen LogP contribution in [0.3, 0.4) is 0 Å². The number of pyridine rings is 1. The molecule has 0 aliphatic heterocycles. The number of phenolic OH excluding ortho intramolecular Hbond substituents is 1. The smallest absolute Gasteiger partial charge is 0.128 e. The van der Waals surface area contributed by atoms with Crippen molar-refractivity contribution in [1.82, 2.24) is 9.97 Å². The Hall–Kier alpha value is -3.83. The lowest BCUT2D eigenvalue weighted by atomic mass is 9.79. The quantitative estimate of drug-likeness (QED) is 0.217. The average Bonchev–Trinajstić information content (AvgIpc) is 3.35. The van der Waals surface area contributed by atoms with E-state index in [0.29, 0.717) is 0 Å². The molecule has 0 aliphatic rings. The van der Waals surface area contributed by atoms with Gasteiger partial charge >= 0.3 is 0 Å². The Bertz CT molecular complexity index is 1780. The average molecular weight is 576 g/mol. The minimum Gasteiger partial charge on any atom is -0.507 e. The summed E-state index contributed by atoms with van der Waals surface area (Å²) >= 11 is 1.69. The summed E-state index contributed by atoms with van der Waals surface area (Å²) in [4.78, 5) is 14.3. The molecule has 0 amide bonds. The van der Waals surface area contributed by atoms with E-state index in [1.54, 1.807) is 17.6 Å². The highest BCUT2D eigenvalue weighted by Crippen LogP contribution is 2.42. The maximum absolute atomic E-state index is 11.3. The van der Waals surface area contributed by atoms with Gasteiger partial charge in [-0.15, -0.1) is 11.3 Å². The fraction of sp³-hybridized carbons (Fsp3) is 0.324. The first-order chi connectivity index (χ1) is 19.6. The number of aliphatic imine (C=N–C) groups is 1. The van der Waals surface area contributed by atoms with E-state index in [-0.39, 0.29) is 22.0 Å². The standard InChI is InChI=1S/C37H41N3OS/c1-35(2,3)25-18-24(33(41)29(20-25)37(7,8)9)22-39-30-13-11-10-12-27(30)34-40-32-28(23-14-16-38-17-15-23)19-26(36(4,5)6)21-31(32)42-34/h10-22,41H,1-9H3. The maximum Gasteiger partial charge on any atom is 0.128 e. The van der Waals surface area contributed by atoms with Gasteiger partial charge in [-0.3, -0.25) is 9.98 Å². The zero-order valence-corrected chi connectivity index (χ0v) is 27.0. The molecular formula is C37H41N3OS. The van der Waals surface area contributed by atoms with E-state index in [1.807, 2.05) is 42.7 Å². The topological polar surface area (TPSA) is 58.4 Å². The lowest BCUT2D eigenvalue weighted by Gasteiger charge is -2.27. The third kappa shape index (κ3) is 6.03. The van der Waals surface area contributed by atoms with Crippen LogP contribution in [0, 0.1) is 0 Å². The van der Waals surface area contributed by atoms with Gasteiger partial charge in [0.15, 0.2) is 0 Å². The van der Waals surface area contributed by atoms with Crippen molar-refractivity contribution >= 4 is 33.5 Å². The lowest BCUT2D eigenvalue weighted by molar-refractivity contribution is 0.444. The van der Waals surface area contributed by atoms with Gasteiger partial charge in [-0.25, -0.2) is 4.98 Å². The number of benzene rings is 3. The van der Waals surface area contributed by atoms with Crippen LogP contribution in [0.4, 0.5) is 5.69 Å². The Morgan fingerprint density at radius 2 is 1.38 bits per heavy atom. The van der Waals surface area contributed by atoms with Crippen molar-refractivity contribution in [2.24, 2.45) is 4.99 Å². The summed E-state index contributed by atoms with van der Waals surface area (Å²) in [5.41, 5.74) is 8.81. The van der Waals surface area contributed by atoms with Crippen molar-refractivity contribution in [2.75, 3.05) is 0 Å². The van der Waals surface area contributed by atoms with Gasteiger partial charge in [-0.2, -0.15) is 0 Å². The summed E-state index contributed by atoms with van der Waals surface area (Å²) in [5, 5.41) is 12.2. The van der Waals surface area contributed by atoms with Crippen molar-refractivity contribution in [3.63, 3.8) is 0 Å². The van der Waals surface area contributed by atoms with Gasteiger partial charge in [0.2, 0.25) is 0 Å². The van der Waals surface area contributed by atoms with Gasteiger partial charge in [-0.1, -0.05) is 80.5 Å². The molecule has 0 saturated heterocycles. The molecule has 2 heterocycles. The van der Waals surface area contributed by atoms with Crippen molar-refractivity contribution in [1.29, 1.82) is 0 Å². The molecule has 0 aliphatic carbocycles. The number of hydrogen-bond acceptors (Lipinski definition) is 5. The predicted molar refractivity (Wildman–Crippen MR) is 180 cm³/mol. The maximum atomic E-state index is 11.3. The monoisotopic (exact) mass is 575 g/mol. The van der Waals surface area contributed by atoms with Crippen molar-refractivity contribution in [3.8, 4) is 27.4 Å². The number of para-hydroxylation sites is 1. The first-order valence-corrected chi connectivity index (χ1v) is 15.3. The molecule has 5 heteroatoms. The van der Waals surface area contributed by atoms with Gasteiger partial charge in [0, 0.05) is 40.9 Å². The Balaban J connectivity index is 1.64. The molecular weight excluding hydrogens is 534 g/mol. The van der Waals surface area contributed by atoms with E-state index in [2.05, 4.69) is 97.6 Å².